The van der Waals surface area contributed by atoms with E-state index in [-0.39, 0.29) is 12.4 Å². The van der Waals surface area contributed by atoms with Gasteiger partial charge in [-0.3, -0.25) is 0 Å². The van der Waals surface area contributed by atoms with E-state index in [1.807, 2.05) is 55.6 Å². The number of para-hydroxylation sites is 1. The number of hydrogen-bond donors (Lipinski definition) is 2. The molecule has 3 nitrogen and oxygen atoms in total. The van der Waals surface area contributed by atoms with Crippen LogP contribution in [0.25, 0.3) is 0 Å². The number of benzene rings is 2. The first-order valence-corrected chi connectivity index (χ1v) is 5.88. The molecule has 0 bridgehead atoms. The monoisotopic (exact) mass is 277 g/mol. The van der Waals surface area contributed by atoms with Crippen LogP contribution in [0.2, 0.25) is 0 Å². The van der Waals surface area contributed by atoms with Crippen molar-refractivity contribution in [1.82, 2.24) is 0 Å². The van der Waals surface area contributed by atoms with Crippen LogP contribution in [-0.2, 0) is 6.54 Å². The topological polar surface area (TPSA) is 43.7 Å². The summed E-state index contributed by atoms with van der Waals surface area (Å²) in [7, 11) is 0.601. The highest BCUT2D eigenvalue weighted by Gasteiger charge is 2.11. The van der Waals surface area contributed by atoms with E-state index in [0.29, 0.717) is 5.46 Å². The number of halogens is 1. The molecule has 0 aliphatic rings. The molecule has 0 saturated heterocycles. The molecule has 2 aromatic rings. The summed E-state index contributed by atoms with van der Waals surface area (Å²) in [5, 5.41) is 18.3. The summed E-state index contributed by atoms with van der Waals surface area (Å²) in [5.74, 6) is 0. The molecule has 5 heteroatoms. The molecule has 0 saturated carbocycles. The zero-order valence-corrected chi connectivity index (χ0v) is 11.5. The molecule has 19 heavy (non-hydrogen) atoms. The minimum Gasteiger partial charge on any atom is -0.423 e. The fraction of sp³-hybridized carbons (Fsp3) is 0.143. The standard InChI is InChI=1S/C14H16BNO2.ClH/c1-16(14-8-3-2-4-9-14)11-12-6-5-7-13(10-12)15(17)18;/h2-10,17-18H,11H2,1H3;1H. The molecular weight excluding hydrogens is 260 g/mol. The van der Waals surface area contributed by atoms with E-state index in [1.165, 1.54) is 0 Å². The van der Waals surface area contributed by atoms with Crippen LogP contribution in [0.4, 0.5) is 5.69 Å². The molecule has 0 heterocycles. The summed E-state index contributed by atoms with van der Waals surface area (Å²) in [6.07, 6.45) is 0. The van der Waals surface area contributed by atoms with Crippen molar-refractivity contribution in [3.63, 3.8) is 0 Å². The molecule has 0 aliphatic heterocycles. The van der Waals surface area contributed by atoms with Crippen molar-refractivity contribution in [2.24, 2.45) is 0 Å². The average Bonchev–Trinajstić information content (AvgIpc) is 2.40. The Morgan fingerprint density at radius 2 is 1.68 bits per heavy atom. The van der Waals surface area contributed by atoms with Gasteiger partial charge < -0.3 is 14.9 Å². The lowest BCUT2D eigenvalue weighted by Gasteiger charge is -2.19. The molecule has 0 atom stereocenters. The van der Waals surface area contributed by atoms with Gasteiger partial charge in [0.25, 0.3) is 0 Å². The minimum absolute atomic E-state index is 0. The third kappa shape index (κ3) is 4.28. The summed E-state index contributed by atoms with van der Waals surface area (Å²) < 4.78 is 0. The zero-order valence-electron chi connectivity index (χ0n) is 10.7. The van der Waals surface area contributed by atoms with Crippen molar-refractivity contribution in [3.05, 3.63) is 60.2 Å². The van der Waals surface area contributed by atoms with Crippen molar-refractivity contribution < 1.29 is 10.0 Å². The molecule has 2 aromatic carbocycles. The van der Waals surface area contributed by atoms with Crippen LogP contribution in [0.15, 0.2) is 54.6 Å². The highest BCUT2D eigenvalue weighted by atomic mass is 35.5. The van der Waals surface area contributed by atoms with Crippen LogP contribution in [0.3, 0.4) is 0 Å². The molecule has 0 fully saturated rings. The molecule has 2 rings (SSSR count). The smallest absolute Gasteiger partial charge is 0.423 e. The lowest BCUT2D eigenvalue weighted by Crippen LogP contribution is -2.30. The summed E-state index contributed by atoms with van der Waals surface area (Å²) >= 11 is 0. The number of hydrogen-bond acceptors (Lipinski definition) is 3. The van der Waals surface area contributed by atoms with Crippen molar-refractivity contribution in [2.45, 2.75) is 6.54 Å². The maximum absolute atomic E-state index is 9.14. The summed E-state index contributed by atoms with van der Waals surface area (Å²) in [5.41, 5.74) is 2.70. The second kappa shape index (κ2) is 7.19. The van der Waals surface area contributed by atoms with Crippen LogP contribution in [0, 0.1) is 0 Å². The van der Waals surface area contributed by atoms with Crippen molar-refractivity contribution in [2.75, 3.05) is 11.9 Å². The number of anilines is 1. The summed E-state index contributed by atoms with van der Waals surface area (Å²) in [6, 6.07) is 17.4. The first kappa shape index (κ1) is 15.6. The van der Waals surface area contributed by atoms with E-state index in [9.17, 15) is 0 Å². The second-order valence-electron chi connectivity index (χ2n) is 4.31. The first-order chi connectivity index (χ1) is 8.66. The fourth-order valence-electron chi connectivity index (χ4n) is 1.90. The van der Waals surface area contributed by atoms with E-state index in [0.717, 1.165) is 17.8 Å². The lowest BCUT2D eigenvalue weighted by atomic mass is 9.79. The third-order valence-electron chi connectivity index (χ3n) is 2.87. The van der Waals surface area contributed by atoms with E-state index in [4.69, 9.17) is 10.0 Å². The highest BCUT2D eigenvalue weighted by molar-refractivity contribution is 6.58. The normalized spacial score (nSPS) is 9.63. The van der Waals surface area contributed by atoms with Gasteiger partial charge in [0.1, 0.15) is 0 Å². The van der Waals surface area contributed by atoms with Crippen LogP contribution < -0.4 is 10.4 Å². The molecule has 0 spiro atoms. The maximum Gasteiger partial charge on any atom is 0.488 e. The lowest BCUT2D eigenvalue weighted by molar-refractivity contribution is 0.425. The van der Waals surface area contributed by atoms with Gasteiger partial charge in [-0.05, 0) is 23.2 Å². The van der Waals surface area contributed by atoms with E-state index in [1.54, 1.807) is 6.07 Å². The van der Waals surface area contributed by atoms with Crippen LogP contribution in [-0.4, -0.2) is 24.2 Å². The molecule has 100 valence electrons. The van der Waals surface area contributed by atoms with Gasteiger partial charge in [0, 0.05) is 19.3 Å². The molecule has 0 radical (unpaired) electrons. The second-order valence-corrected chi connectivity index (χ2v) is 4.31. The summed E-state index contributed by atoms with van der Waals surface area (Å²) in [4.78, 5) is 2.11. The molecule has 2 N–H and O–H groups in total. The number of nitrogens with zero attached hydrogens (tertiary/aromatic N) is 1. The Balaban J connectivity index is 0.00000180. The molecule has 0 amide bonds. The van der Waals surface area contributed by atoms with Crippen LogP contribution >= 0.6 is 12.4 Å². The van der Waals surface area contributed by atoms with Gasteiger partial charge in [0.05, 0.1) is 0 Å². The highest BCUT2D eigenvalue weighted by Crippen LogP contribution is 2.13. The first-order valence-electron chi connectivity index (χ1n) is 5.88. The Kier molecular flexibility index (Phi) is 5.89. The summed E-state index contributed by atoms with van der Waals surface area (Å²) in [6.45, 7) is 0.727. The van der Waals surface area contributed by atoms with Crippen LogP contribution in [0.1, 0.15) is 5.56 Å². The van der Waals surface area contributed by atoms with Crippen molar-refractivity contribution in [3.8, 4) is 0 Å². The SMILES string of the molecule is CN(Cc1cccc(B(O)O)c1)c1ccccc1.Cl. The molecule has 0 aliphatic carbocycles. The van der Waals surface area contributed by atoms with Crippen LogP contribution in [0.5, 0.6) is 0 Å². The Morgan fingerprint density at radius 1 is 1.00 bits per heavy atom. The zero-order chi connectivity index (χ0) is 13.0. The van der Waals surface area contributed by atoms with Gasteiger partial charge >= 0.3 is 7.12 Å². The predicted molar refractivity (Wildman–Crippen MR) is 82.1 cm³/mol. The number of rotatable bonds is 4. The van der Waals surface area contributed by atoms with Gasteiger partial charge in [-0.1, -0.05) is 42.5 Å². The fourth-order valence-corrected chi connectivity index (χ4v) is 1.90. The maximum atomic E-state index is 9.14. The average molecular weight is 278 g/mol. The quantitative estimate of drug-likeness (QED) is 0.831. The van der Waals surface area contributed by atoms with Gasteiger partial charge in [-0.15, -0.1) is 12.4 Å². The van der Waals surface area contributed by atoms with Gasteiger partial charge in [-0.2, -0.15) is 0 Å². The Morgan fingerprint density at radius 3 is 2.32 bits per heavy atom. The van der Waals surface area contributed by atoms with Crippen molar-refractivity contribution >= 4 is 30.7 Å². The van der Waals surface area contributed by atoms with E-state index >= 15 is 0 Å². The van der Waals surface area contributed by atoms with Crippen molar-refractivity contribution in [1.29, 1.82) is 0 Å². The largest absolute Gasteiger partial charge is 0.488 e. The van der Waals surface area contributed by atoms with E-state index in [2.05, 4.69) is 4.90 Å². The minimum atomic E-state index is -1.41. The Bertz CT molecular complexity index is 508. The molecule has 0 unspecified atom stereocenters. The van der Waals surface area contributed by atoms with Gasteiger partial charge in [0.2, 0.25) is 0 Å². The Labute approximate surface area is 120 Å². The van der Waals surface area contributed by atoms with Gasteiger partial charge in [-0.25, -0.2) is 0 Å². The molecular formula is C14H17BClNO2. The molecule has 0 aromatic heterocycles. The Hall–Kier alpha value is -1.49. The predicted octanol–water partition coefficient (Wildman–Crippen LogP) is 1.42. The van der Waals surface area contributed by atoms with E-state index < -0.39 is 7.12 Å². The van der Waals surface area contributed by atoms with Gasteiger partial charge in [0.15, 0.2) is 0 Å². The third-order valence-corrected chi connectivity index (χ3v) is 2.87.